The van der Waals surface area contributed by atoms with E-state index in [2.05, 4.69) is 11.8 Å². The molecule has 1 aromatic carbocycles. The highest BCUT2D eigenvalue weighted by atomic mass is 16.6. The highest BCUT2D eigenvalue weighted by Crippen LogP contribution is 2.25. The third-order valence-electron chi connectivity index (χ3n) is 3.55. The Balaban J connectivity index is 2.15. The average Bonchev–Trinajstić information content (AvgIpc) is 2.77. The Morgan fingerprint density at radius 3 is 2.94 bits per heavy atom. The number of nitro benzene ring substituents is 1. The van der Waals surface area contributed by atoms with Crippen molar-refractivity contribution < 1.29 is 4.92 Å². The van der Waals surface area contributed by atoms with Crippen molar-refractivity contribution in [2.45, 2.75) is 32.2 Å². The van der Waals surface area contributed by atoms with Crippen LogP contribution in [0.4, 0.5) is 5.69 Å². The van der Waals surface area contributed by atoms with E-state index in [0.29, 0.717) is 6.04 Å². The maximum Gasteiger partial charge on any atom is 0.272 e. The largest absolute Gasteiger partial charge is 0.300 e. The fourth-order valence-electron chi connectivity index (χ4n) is 2.66. The number of hydrogen-bond acceptors (Lipinski definition) is 3. The van der Waals surface area contributed by atoms with Gasteiger partial charge in [-0.2, -0.15) is 0 Å². The molecule has 4 nitrogen and oxygen atoms in total. The van der Waals surface area contributed by atoms with Gasteiger partial charge in [-0.1, -0.05) is 25.1 Å². The van der Waals surface area contributed by atoms with Crippen LogP contribution in [0.3, 0.4) is 0 Å². The van der Waals surface area contributed by atoms with Gasteiger partial charge in [-0.05, 0) is 32.4 Å². The van der Waals surface area contributed by atoms with E-state index in [-0.39, 0.29) is 10.6 Å². The van der Waals surface area contributed by atoms with Gasteiger partial charge in [-0.3, -0.25) is 10.1 Å². The molecule has 2 rings (SSSR count). The maximum absolute atomic E-state index is 10.9. The van der Waals surface area contributed by atoms with E-state index in [0.717, 1.165) is 31.5 Å². The first-order valence-electron chi connectivity index (χ1n) is 6.18. The summed E-state index contributed by atoms with van der Waals surface area (Å²) in [5.41, 5.74) is 1.12. The van der Waals surface area contributed by atoms with Gasteiger partial charge in [-0.25, -0.2) is 0 Å². The Hall–Kier alpha value is -1.42. The third-order valence-corrected chi connectivity index (χ3v) is 3.55. The molecule has 0 aromatic heterocycles. The van der Waals surface area contributed by atoms with Crippen molar-refractivity contribution in [3.8, 4) is 0 Å². The molecule has 0 spiro atoms. The molecule has 0 saturated carbocycles. The van der Waals surface area contributed by atoms with Crippen molar-refractivity contribution in [1.29, 1.82) is 0 Å². The normalized spacial score (nSPS) is 20.6. The zero-order valence-electron chi connectivity index (χ0n) is 10.1. The lowest BCUT2D eigenvalue weighted by Gasteiger charge is -2.22. The summed E-state index contributed by atoms with van der Waals surface area (Å²) in [6.07, 6.45) is 3.16. The Morgan fingerprint density at radius 2 is 2.24 bits per heavy atom. The summed E-state index contributed by atoms with van der Waals surface area (Å²) >= 11 is 0. The van der Waals surface area contributed by atoms with E-state index in [1.165, 1.54) is 6.42 Å². The minimum Gasteiger partial charge on any atom is -0.300 e. The lowest BCUT2D eigenvalue weighted by molar-refractivity contribution is -0.385. The van der Waals surface area contributed by atoms with Gasteiger partial charge >= 0.3 is 0 Å². The number of rotatable bonds is 4. The summed E-state index contributed by atoms with van der Waals surface area (Å²) in [4.78, 5) is 13.1. The standard InChI is InChI=1S/C13H18N2O2/c1-2-14-9-5-7-12(14)10-11-6-3-4-8-13(11)15(16)17/h3-4,6,8,12H,2,5,7,9-10H2,1H3. The highest BCUT2D eigenvalue weighted by Gasteiger charge is 2.25. The molecule has 1 unspecified atom stereocenters. The number of nitrogens with zero attached hydrogens (tertiary/aromatic N) is 2. The van der Waals surface area contributed by atoms with Crippen molar-refractivity contribution in [3.05, 3.63) is 39.9 Å². The number of hydrogen-bond donors (Lipinski definition) is 0. The fraction of sp³-hybridized carbons (Fsp3) is 0.538. The summed E-state index contributed by atoms with van der Waals surface area (Å²) in [6, 6.07) is 7.56. The van der Waals surface area contributed by atoms with E-state index >= 15 is 0 Å². The van der Waals surface area contributed by atoms with Crippen LogP contribution in [0, 0.1) is 10.1 Å². The van der Waals surface area contributed by atoms with Crippen molar-refractivity contribution in [2.75, 3.05) is 13.1 Å². The van der Waals surface area contributed by atoms with Gasteiger partial charge in [0.05, 0.1) is 4.92 Å². The van der Waals surface area contributed by atoms with Crippen molar-refractivity contribution in [2.24, 2.45) is 0 Å². The summed E-state index contributed by atoms with van der Waals surface area (Å²) in [5.74, 6) is 0. The maximum atomic E-state index is 10.9. The molecule has 1 atom stereocenters. The summed E-state index contributed by atoms with van der Waals surface area (Å²) in [6.45, 7) is 4.31. The van der Waals surface area contributed by atoms with Crippen LogP contribution in [0.1, 0.15) is 25.3 Å². The Labute approximate surface area is 101 Å². The van der Waals surface area contributed by atoms with E-state index in [9.17, 15) is 10.1 Å². The molecule has 1 fully saturated rings. The minimum atomic E-state index is -0.277. The van der Waals surface area contributed by atoms with Gasteiger partial charge in [0.1, 0.15) is 0 Å². The van der Waals surface area contributed by atoms with Gasteiger partial charge < -0.3 is 4.90 Å². The van der Waals surface area contributed by atoms with Gasteiger partial charge in [0, 0.05) is 17.7 Å². The zero-order valence-corrected chi connectivity index (χ0v) is 10.1. The molecule has 0 aliphatic carbocycles. The van der Waals surface area contributed by atoms with Crippen LogP contribution in [0.25, 0.3) is 0 Å². The van der Waals surface area contributed by atoms with E-state index in [4.69, 9.17) is 0 Å². The van der Waals surface area contributed by atoms with Crippen molar-refractivity contribution in [1.82, 2.24) is 4.90 Å². The molecule has 17 heavy (non-hydrogen) atoms. The molecule has 0 bridgehead atoms. The molecule has 1 aromatic rings. The predicted molar refractivity (Wildman–Crippen MR) is 67.1 cm³/mol. The lowest BCUT2D eigenvalue weighted by atomic mass is 10.0. The molecule has 0 amide bonds. The van der Waals surface area contributed by atoms with Crippen LogP contribution in [0.5, 0.6) is 0 Å². The first kappa shape index (κ1) is 12.0. The van der Waals surface area contributed by atoms with E-state index < -0.39 is 0 Å². The van der Waals surface area contributed by atoms with E-state index in [1.54, 1.807) is 12.1 Å². The molecular formula is C13H18N2O2. The Kier molecular flexibility index (Phi) is 3.74. The number of para-hydroxylation sites is 1. The molecule has 1 saturated heterocycles. The molecular weight excluding hydrogens is 216 g/mol. The monoisotopic (exact) mass is 234 g/mol. The molecule has 1 aliphatic heterocycles. The molecule has 0 radical (unpaired) electrons. The van der Waals surface area contributed by atoms with Gasteiger partial charge in [0.25, 0.3) is 5.69 Å². The molecule has 0 N–H and O–H groups in total. The third kappa shape index (κ3) is 2.64. The fourth-order valence-corrected chi connectivity index (χ4v) is 2.66. The predicted octanol–water partition coefficient (Wildman–Crippen LogP) is 2.62. The van der Waals surface area contributed by atoms with Crippen LogP contribution in [0.15, 0.2) is 24.3 Å². The van der Waals surface area contributed by atoms with Crippen molar-refractivity contribution >= 4 is 5.69 Å². The van der Waals surface area contributed by atoms with Crippen LogP contribution < -0.4 is 0 Å². The molecule has 92 valence electrons. The number of likely N-dealkylation sites (tertiary alicyclic amines) is 1. The van der Waals surface area contributed by atoms with Crippen LogP contribution >= 0.6 is 0 Å². The summed E-state index contributed by atoms with van der Waals surface area (Å²) in [7, 11) is 0. The Bertz CT molecular complexity index is 406. The number of likely N-dealkylation sites (N-methyl/N-ethyl adjacent to an activating group) is 1. The lowest BCUT2D eigenvalue weighted by Crippen LogP contribution is -2.30. The summed E-state index contributed by atoms with van der Waals surface area (Å²) < 4.78 is 0. The molecule has 4 heteroatoms. The van der Waals surface area contributed by atoms with Gasteiger partial charge in [0.2, 0.25) is 0 Å². The molecule has 1 heterocycles. The van der Waals surface area contributed by atoms with E-state index in [1.807, 2.05) is 12.1 Å². The second-order valence-corrected chi connectivity index (χ2v) is 4.51. The number of nitro groups is 1. The first-order valence-corrected chi connectivity index (χ1v) is 6.18. The smallest absolute Gasteiger partial charge is 0.272 e. The number of benzene rings is 1. The van der Waals surface area contributed by atoms with Crippen molar-refractivity contribution in [3.63, 3.8) is 0 Å². The second-order valence-electron chi connectivity index (χ2n) is 4.51. The minimum absolute atomic E-state index is 0.260. The molecule has 1 aliphatic rings. The van der Waals surface area contributed by atoms with Crippen LogP contribution in [-0.2, 0) is 6.42 Å². The average molecular weight is 234 g/mol. The summed E-state index contributed by atoms with van der Waals surface area (Å²) in [5, 5.41) is 10.9. The Morgan fingerprint density at radius 1 is 1.47 bits per heavy atom. The second kappa shape index (κ2) is 5.27. The SMILES string of the molecule is CCN1CCCC1Cc1ccccc1[N+](=O)[O-]. The zero-order chi connectivity index (χ0) is 12.3. The van der Waals surface area contributed by atoms with Gasteiger partial charge in [0.15, 0.2) is 0 Å². The first-order chi connectivity index (χ1) is 8.22. The van der Waals surface area contributed by atoms with Crippen LogP contribution in [0.2, 0.25) is 0 Å². The quantitative estimate of drug-likeness (QED) is 0.594. The highest BCUT2D eigenvalue weighted by molar-refractivity contribution is 5.40. The van der Waals surface area contributed by atoms with Crippen LogP contribution in [-0.4, -0.2) is 29.0 Å². The topological polar surface area (TPSA) is 46.4 Å². The van der Waals surface area contributed by atoms with Gasteiger partial charge in [-0.15, -0.1) is 0 Å².